The van der Waals surface area contributed by atoms with E-state index in [0.29, 0.717) is 6.42 Å². The fraction of sp³-hybridized carbons (Fsp3) is 0.519. The lowest BCUT2D eigenvalue weighted by atomic mass is 10.1. The number of phosphoric acid groups is 1. The molecule has 2 aliphatic heterocycles. The predicted octanol–water partition coefficient (Wildman–Crippen LogP) is -2.22. The molecule has 0 bridgehead atoms. The van der Waals surface area contributed by atoms with Gasteiger partial charge in [-0.1, -0.05) is 6.08 Å². The number of aliphatic hydroxyl groups excluding tert-OH is 2. The lowest BCUT2D eigenvalue weighted by Crippen LogP contribution is -2.42. The Bertz CT molecular complexity index is 1990. The van der Waals surface area contributed by atoms with Crippen molar-refractivity contribution in [3.8, 4) is 0 Å². The number of rotatable bonds is 15. The van der Waals surface area contributed by atoms with E-state index in [-0.39, 0.29) is 29.2 Å². The Hall–Kier alpha value is -4.19. The van der Waals surface area contributed by atoms with Gasteiger partial charge in [0.15, 0.2) is 30.0 Å². The zero-order valence-corrected chi connectivity index (χ0v) is 29.5. The van der Waals surface area contributed by atoms with Gasteiger partial charge in [-0.05, 0) is 12.5 Å². The molecule has 2 saturated heterocycles. The van der Waals surface area contributed by atoms with Crippen LogP contribution in [0.2, 0.25) is 0 Å². The van der Waals surface area contributed by atoms with Crippen LogP contribution in [0.15, 0.2) is 42.4 Å². The van der Waals surface area contributed by atoms with Gasteiger partial charge in [-0.2, -0.15) is 4.98 Å². The third-order valence-electron chi connectivity index (χ3n) is 8.26. The minimum atomic E-state index is -5.21. The van der Waals surface area contributed by atoms with Crippen molar-refractivity contribution in [1.82, 2.24) is 34.0 Å². The number of imidazole rings is 1. The fourth-order valence-corrected chi connectivity index (χ4v) is 7.71. The van der Waals surface area contributed by atoms with Gasteiger partial charge in [0.2, 0.25) is 5.91 Å². The van der Waals surface area contributed by atoms with Gasteiger partial charge in [0, 0.05) is 19.7 Å². The first-order chi connectivity index (χ1) is 24.9. The number of nitrogens with zero attached hydrogens (tertiary/aromatic N) is 7. The summed E-state index contributed by atoms with van der Waals surface area (Å²) in [5, 5.41) is 22.6. The molecule has 2 fully saturated rings. The Morgan fingerprint density at radius 3 is 2.40 bits per heavy atom. The van der Waals surface area contributed by atoms with Crippen LogP contribution in [-0.2, 0) is 42.0 Å². The fourth-order valence-electron chi connectivity index (χ4n) is 5.73. The van der Waals surface area contributed by atoms with Gasteiger partial charge in [0.25, 0.3) is 0 Å². The summed E-state index contributed by atoms with van der Waals surface area (Å²) < 4.78 is 54.3. The highest BCUT2D eigenvalue weighted by molar-refractivity contribution is 7.53. The highest BCUT2D eigenvalue weighted by Crippen LogP contribution is 2.56. The molecule has 9 N–H and O–H groups in total. The van der Waals surface area contributed by atoms with Crippen molar-refractivity contribution in [3.05, 3.63) is 48.1 Å². The van der Waals surface area contributed by atoms with E-state index < -0.39 is 101 Å². The second-order valence-corrected chi connectivity index (χ2v) is 15.1. The third kappa shape index (κ3) is 8.96. The number of nitrogen functional groups attached to an aromatic ring is 2. The first-order valence-electron chi connectivity index (χ1n) is 15.6. The number of likely N-dealkylation sites (N-methyl/N-ethyl adjacent to an activating group) is 1. The number of carbonyl (C=O) groups excluding carboxylic acids is 2. The molecule has 5 rings (SSSR count). The third-order valence-corrected chi connectivity index (χ3v) is 10.7. The van der Waals surface area contributed by atoms with Crippen LogP contribution >= 0.6 is 15.4 Å². The van der Waals surface area contributed by atoms with Crippen molar-refractivity contribution in [2.24, 2.45) is 0 Å². The lowest BCUT2D eigenvalue weighted by molar-refractivity contribution is -0.159. The van der Waals surface area contributed by atoms with Gasteiger partial charge in [-0.25, -0.2) is 24.3 Å². The van der Waals surface area contributed by atoms with Crippen molar-refractivity contribution in [3.63, 3.8) is 0 Å². The van der Waals surface area contributed by atoms with Crippen LogP contribution in [0.4, 0.5) is 11.6 Å². The Morgan fingerprint density at radius 2 is 1.72 bits per heavy atom. The van der Waals surface area contributed by atoms with E-state index in [1.54, 1.807) is 0 Å². The van der Waals surface area contributed by atoms with E-state index in [9.17, 15) is 48.4 Å². The lowest BCUT2D eigenvalue weighted by Gasteiger charge is -2.27. The number of hydrogen-bond donors (Lipinski definition) is 7. The number of fused-ring (bicyclic) bond motifs is 1. The number of aliphatic hydroxyl groups is 2. The quantitative estimate of drug-likeness (QED) is 0.0487. The van der Waals surface area contributed by atoms with Crippen LogP contribution in [0, 0.1) is 0 Å². The van der Waals surface area contributed by atoms with Gasteiger partial charge < -0.3 is 60.0 Å². The van der Waals surface area contributed by atoms with Gasteiger partial charge in [0.05, 0.1) is 19.5 Å². The average Bonchev–Trinajstić information content (AvgIpc) is 3.75. The van der Waals surface area contributed by atoms with E-state index >= 15 is 0 Å². The van der Waals surface area contributed by atoms with Crippen LogP contribution in [-0.4, -0.2) is 134 Å². The predicted molar refractivity (Wildman–Crippen MR) is 177 cm³/mol. The maximum Gasteiger partial charge on any atom is 0.469 e. The molecule has 0 aliphatic carbocycles. The Morgan fingerprint density at radius 1 is 1.04 bits per heavy atom. The molecular weight excluding hydrogens is 752 g/mol. The molecule has 24 nitrogen and oxygen atoms in total. The SMILES string of the molecule is C=CCCC(=O)N(C)CC(=O)O[C@H]1[C@@H](O)[C@H](n2cnc3c(N)ncnc32)O[C@@H]1COP(=O)(O)[C@H]1[C@@H](O)[C@H](n2ccc(N)nc2=O)O[C@@H]1COP(=O)(O)O. The summed E-state index contributed by atoms with van der Waals surface area (Å²) in [6.45, 7) is 1.03. The molecule has 26 heteroatoms. The van der Waals surface area contributed by atoms with Gasteiger partial charge in [-0.3, -0.25) is 27.8 Å². The Kier molecular flexibility index (Phi) is 12.1. The number of ether oxygens (including phenoxy) is 3. The molecule has 2 aliphatic rings. The summed E-state index contributed by atoms with van der Waals surface area (Å²) in [5.41, 5.74) is 8.60. The highest BCUT2D eigenvalue weighted by atomic mass is 31.2. The van der Waals surface area contributed by atoms with E-state index in [0.717, 1.165) is 22.0 Å². The Balaban J connectivity index is 1.40. The molecule has 0 aromatic carbocycles. The van der Waals surface area contributed by atoms with Crippen LogP contribution < -0.4 is 17.2 Å². The van der Waals surface area contributed by atoms with Crippen molar-refractivity contribution in [1.29, 1.82) is 0 Å². The molecule has 3 aromatic rings. The van der Waals surface area contributed by atoms with Crippen molar-refractivity contribution in [2.45, 2.75) is 61.5 Å². The maximum absolute atomic E-state index is 13.9. The van der Waals surface area contributed by atoms with Gasteiger partial charge in [0.1, 0.15) is 54.3 Å². The maximum atomic E-state index is 13.9. The van der Waals surface area contributed by atoms with Crippen LogP contribution in [0.25, 0.3) is 11.2 Å². The number of hydrogen-bond acceptors (Lipinski definition) is 18. The zero-order chi connectivity index (χ0) is 38.8. The summed E-state index contributed by atoms with van der Waals surface area (Å²) in [7, 11) is -9.04. The molecule has 1 unspecified atom stereocenters. The smallest absolute Gasteiger partial charge is 0.455 e. The number of aromatic nitrogens is 6. The Labute approximate surface area is 298 Å². The molecule has 0 saturated carbocycles. The van der Waals surface area contributed by atoms with Gasteiger partial charge in [-0.15, -0.1) is 6.58 Å². The molecule has 3 aromatic heterocycles. The zero-order valence-electron chi connectivity index (χ0n) is 27.7. The summed E-state index contributed by atoms with van der Waals surface area (Å²) in [5.74, 6) is -1.59. The summed E-state index contributed by atoms with van der Waals surface area (Å²) in [6, 6.07) is 1.17. The van der Waals surface area contributed by atoms with E-state index in [4.69, 9.17) is 30.2 Å². The van der Waals surface area contributed by atoms with E-state index in [1.165, 1.54) is 30.1 Å². The van der Waals surface area contributed by atoms with Crippen molar-refractivity contribution in [2.75, 3.05) is 38.3 Å². The molecule has 9 atom stereocenters. The summed E-state index contributed by atoms with van der Waals surface area (Å²) in [6.07, 6.45) is -6.47. The van der Waals surface area contributed by atoms with E-state index in [2.05, 4.69) is 31.0 Å². The minimum Gasteiger partial charge on any atom is -0.455 e. The number of allylic oxidation sites excluding steroid dienone is 1. The number of nitrogens with two attached hydrogens (primary N) is 2. The first kappa shape index (κ1) is 40.0. The molecular formula is C27H37N9O15P2. The van der Waals surface area contributed by atoms with Crippen molar-refractivity contribution >= 4 is 50.1 Å². The number of anilines is 2. The number of amides is 1. The average molecular weight is 790 g/mol. The second-order valence-electron chi connectivity index (χ2n) is 11.9. The number of esters is 1. The molecule has 0 radical (unpaired) electrons. The highest BCUT2D eigenvalue weighted by Gasteiger charge is 2.56. The van der Waals surface area contributed by atoms with Crippen LogP contribution in [0.5, 0.6) is 0 Å². The summed E-state index contributed by atoms with van der Waals surface area (Å²) >= 11 is 0. The molecule has 0 spiro atoms. The molecule has 290 valence electrons. The monoisotopic (exact) mass is 789 g/mol. The number of carbonyl (C=O) groups is 2. The van der Waals surface area contributed by atoms with Crippen LogP contribution in [0.1, 0.15) is 25.3 Å². The summed E-state index contributed by atoms with van der Waals surface area (Å²) in [4.78, 5) is 84.4. The topological polar surface area (TPSA) is 349 Å². The largest absolute Gasteiger partial charge is 0.469 e. The van der Waals surface area contributed by atoms with Crippen LogP contribution in [0.3, 0.4) is 0 Å². The van der Waals surface area contributed by atoms with Crippen molar-refractivity contribution < 1.29 is 66.9 Å². The first-order valence-corrected chi connectivity index (χ1v) is 18.8. The minimum absolute atomic E-state index is 0.000538. The normalized spacial score (nSPS) is 27.1. The number of phosphoric ester groups is 1. The van der Waals surface area contributed by atoms with E-state index in [1.807, 2.05) is 0 Å². The standard InChI is InChI=1S/C27H37N9O15P2/c1-3-4-5-16(37)34(2)8-17(38)51-21-13(49-25(19(21)39)36-12-32-18-23(29)30-11-31-24(18)36)9-47-52(42,43)22-14(10-48-53(44,45)46)50-26(20(22)40)35-7-6-15(28)33-27(35)41/h3,6-7,11-14,19-22,25-26,39-40H,1,4-5,8-10H2,2H3,(H,42,43)(H2,28,33,41)(H2,29,30,31)(H2,44,45,46)/t13-,14-,19-,20-,21-,22-,25-,26-/m1/s1. The molecule has 1 amide bonds. The molecule has 53 heavy (non-hydrogen) atoms. The molecule has 5 heterocycles. The second kappa shape index (κ2) is 16.0. The van der Waals surface area contributed by atoms with Gasteiger partial charge >= 0.3 is 27.1 Å².